The molecule has 0 bridgehead atoms. The van der Waals surface area contributed by atoms with Crippen LogP contribution >= 0.6 is 0 Å². The van der Waals surface area contributed by atoms with Gasteiger partial charge >= 0.3 is 6.18 Å². The molecule has 0 amide bonds. The van der Waals surface area contributed by atoms with Gasteiger partial charge in [0.25, 0.3) is 5.82 Å². The first-order chi connectivity index (χ1) is 14.5. The summed E-state index contributed by atoms with van der Waals surface area (Å²) in [5.41, 5.74) is 2.94. The third-order valence-corrected chi connectivity index (χ3v) is 5.14. The summed E-state index contributed by atoms with van der Waals surface area (Å²) < 4.78 is 40.0. The molecule has 0 spiro atoms. The number of hydrogen-bond donors (Lipinski definition) is 0. The van der Waals surface area contributed by atoms with Crippen LogP contribution in [0.1, 0.15) is 11.4 Å². The van der Waals surface area contributed by atoms with E-state index >= 15 is 0 Å². The number of halogens is 3. The van der Waals surface area contributed by atoms with Crippen LogP contribution in [0.2, 0.25) is 0 Å². The Hall–Kier alpha value is -3.34. The van der Waals surface area contributed by atoms with Crippen molar-refractivity contribution in [3.8, 4) is 0 Å². The second kappa shape index (κ2) is 7.17. The van der Waals surface area contributed by atoms with Crippen molar-refractivity contribution in [2.75, 3.05) is 31.1 Å². The van der Waals surface area contributed by atoms with Crippen molar-refractivity contribution in [2.24, 2.45) is 0 Å². The first-order valence-electron chi connectivity index (χ1n) is 9.44. The van der Waals surface area contributed by atoms with Crippen LogP contribution in [-0.2, 0) is 12.7 Å². The summed E-state index contributed by atoms with van der Waals surface area (Å²) in [5, 5.41) is 10.9. The lowest BCUT2D eigenvalue weighted by Gasteiger charge is -2.35. The van der Waals surface area contributed by atoms with E-state index in [2.05, 4.69) is 30.2 Å². The Morgan fingerprint density at radius 1 is 0.867 bits per heavy atom. The van der Waals surface area contributed by atoms with Crippen molar-refractivity contribution in [1.29, 1.82) is 0 Å². The number of piperazine rings is 1. The van der Waals surface area contributed by atoms with Gasteiger partial charge in [0, 0.05) is 45.1 Å². The number of fused-ring (bicyclic) bond motifs is 2. The molecule has 1 aliphatic rings. The van der Waals surface area contributed by atoms with Gasteiger partial charge in [-0.3, -0.25) is 14.9 Å². The fourth-order valence-electron chi connectivity index (χ4n) is 3.63. The molecule has 1 fully saturated rings. The number of aromatic nitrogens is 6. The minimum atomic E-state index is -4.60. The van der Waals surface area contributed by atoms with Gasteiger partial charge < -0.3 is 4.90 Å². The van der Waals surface area contributed by atoms with Crippen LogP contribution in [0.3, 0.4) is 0 Å². The first-order valence-corrected chi connectivity index (χ1v) is 9.44. The fourth-order valence-corrected chi connectivity index (χ4v) is 3.63. The minimum Gasteiger partial charge on any atom is -0.353 e. The topological polar surface area (TPSA) is 75.3 Å². The summed E-state index contributed by atoms with van der Waals surface area (Å²) in [6, 6.07) is 9.23. The zero-order chi connectivity index (χ0) is 20.7. The summed E-state index contributed by atoms with van der Waals surface area (Å²) in [7, 11) is 0. The predicted octanol–water partition coefficient (Wildman–Crippen LogP) is 2.41. The fraction of sp³-hybridized carbons (Fsp3) is 0.316. The molecule has 1 saturated heterocycles. The number of hydrogen-bond acceptors (Lipinski definition) is 7. The Bertz CT molecular complexity index is 1200. The molecule has 3 aromatic heterocycles. The van der Waals surface area contributed by atoms with Crippen molar-refractivity contribution < 1.29 is 13.2 Å². The predicted molar refractivity (Wildman–Crippen MR) is 103 cm³/mol. The van der Waals surface area contributed by atoms with Gasteiger partial charge in [-0.25, -0.2) is 0 Å². The summed E-state index contributed by atoms with van der Waals surface area (Å²) in [4.78, 5) is 12.9. The Labute approximate surface area is 169 Å². The maximum atomic E-state index is 13.1. The number of benzene rings is 1. The minimum absolute atomic E-state index is 0.0733. The summed E-state index contributed by atoms with van der Waals surface area (Å²) in [5.74, 6) is -0.634. The molecule has 1 aliphatic heterocycles. The van der Waals surface area contributed by atoms with Crippen LogP contribution in [0.15, 0.2) is 42.7 Å². The van der Waals surface area contributed by atoms with Crippen molar-refractivity contribution in [3.05, 3.63) is 54.1 Å². The van der Waals surface area contributed by atoms with E-state index < -0.39 is 12.0 Å². The standard InChI is InChI=1S/C19H17F3N8/c20-19(21,22)18-26-25-16-3-4-17(27-30(16)18)29-9-7-28(8-10-29)12-13-1-2-14-15(11-13)24-6-5-23-14/h1-6,11H,7-10,12H2. The first kappa shape index (κ1) is 18.7. The zero-order valence-electron chi connectivity index (χ0n) is 15.8. The average molecular weight is 414 g/mol. The Kier molecular flexibility index (Phi) is 4.46. The molecule has 5 rings (SSSR count). The lowest BCUT2D eigenvalue weighted by Crippen LogP contribution is -2.46. The van der Waals surface area contributed by atoms with Crippen molar-refractivity contribution in [2.45, 2.75) is 12.7 Å². The third-order valence-electron chi connectivity index (χ3n) is 5.14. The number of rotatable bonds is 3. The largest absolute Gasteiger partial charge is 0.453 e. The van der Waals surface area contributed by atoms with E-state index in [4.69, 9.17) is 0 Å². The van der Waals surface area contributed by atoms with E-state index in [-0.39, 0.29) is 5.65 Å². The SMILES string of the molecule is FC(F)(F)c1nnc2ccc(N3CCN(Cc4ccc5nccnc5c4)CC3)nn12. The molecular formula is C19H17F3N8. The molecular weight excluding hydrogens is 397 g/mol. The Morgan fingerprint density at radius 2 is 1.63 bits per heavy atom. The van der Waals surface area contributed by atoms with Crippen LogP contribution in [0.4, 0.5) is 19.0 Å². The highest BCUT2D eigenvalue weighted by molar-refractivity contribution is 5.74. The van der Waals surface area contributed by atoms with Crippen LogP contribution in [-0.4, -0.2) is 60.9 Å². The van der Waals surface area contributed by atoms with Gasteiger partial charge in [0.2, 0.25) is 0 Å². The zero-order valence-corrected chi connectivity index (χ0v) is 15.8. The van der Waals surface area contributed by atoms with Crippen molar-refractivity contribution in [1.82, 2.24) is 34.7 Å². The monoisotopic (exact) mass is 414 g/mol. The lowest BCUT2D eigenvalue weighted by atomic mass is 10.1. The molecule has 4 aromatic rings. The van der Waals surface area contributed by atoms with Gasteiger partial charge in [-0.15, -0.1) is 15.3 Å². The van der Waals surface area contributed by atoms with Crippen LogP contribution in [0.5, 0.6) is 0 Å². The smallest absolute Gasteiger partial charge is 0.353 e. The number of alkyl halides is 3. The Balaban J connectivity index is 1.28. The van der Waals surface area contributed by atoms with Crippen LogP contribution in [0.25, 0.3) is 16.7 Å². The summed E-state index contributed by atoms with van der Waals surface area (Å²) >= 11 is 0. The maximum Gasteiger partial charge on any atom is 0.453 e. The van der Waals surface area contributed by atoms with Gasteiger partial charge in [-0.2, -0.15) is 17.7 Å². The highest BCUT2D eigenvalue weighted by Gasteiger charge is 2.37. The molecule has 0 atom stereocenters. The van der Waals surface area contributed by atoms with E-state index in [9.17, 15) is 13.2 Å². The second-order valence-electron chi connectivity index (χ2n) is 7.13. The molecule has 0 N–H and O–H groups in total. The van der Waals surface area contributed by atoms with Gasteiger partial charge in [-0.1, -0.05) is 6.07 Å². The molecule has 0 unspecified atom stereocenters. The highest BCUT2D eigenvalue weighted by atomic mass is 19.4. The number of anilines is 1. The molecule has 8 nitrogen and oxygen atoms in total. The highest BCUT2D eigenvalue weighted by Crippen LogP contribution is 2.28. The van der Waals surface area contributed by atoms with Gasteiger partial charge in [-0.05, 0) is 29.8 Å². The molecule has 0 radical (unpaired) electrons. The van der Waals surface area contributed by atoms with Crippen molar-refractivity contribution >= 4 is 22.5 Å². The normalized spacial score (nSPS) is 15.9. The van der Waals surface area contributed by atoms with E-state index in [1.54, 1.807) is 18.5 Å². The quantitative estimate of drug-likeness (QED) is 0.510. The molecule has 30 heavy (non-hydrogen) atoms. The van der Waals surface area contributed by atoms with Gasteiger partial charge in [0.1, 0.15) is 5.82 Å². The summed E-state index contributed by atoms with van der Waals surface area (Å²) in [6.07, 6.45) is -1.26. The third kappa shape index (κ3) is 3.52. The molecule has 0 aliphatic carbocycles. The van der Waals surface area contributed by atoms with Gasteiger partial charge in [0.05, 0.1) is 11.0 Å². The Morgan fingerprint density at radius 3 is 2.40 bits per heavy atom. The van der Waals surface area contributed by atoms with E-state index in [0.717, 1.165) is 40.7 Å². The lowest BCUT2D eigenvalue weighted by molar-refractivity contribution is -0.146. The maximum absolute atomic E-state index is 13.1. The van der Waals surface area contributed by atoms with Crippen molar-refractivity contribution in [3.63, 3.8) is 0 Å². The number of nitrogens with zero attached hydrogens (tertiary/aromatic N) is 8. The van der Waals surface area contributed by atoms with Crippen LogP contribution in [0, 0.1) is 0 Å². The van der Waals surface area contributed by atoms with Crippen LogP contribution < -0.4 is 4.90 Å². The second-order valence-corrected chi connectivity index (χ2v) is 7.13. The van der Waals surface area contributed by atoms with E-state index in [1.165, 1.54) is 6.07 Å². The molecule has 11 heteroatoms. The van der Waals surface area contributed by atoms with Gasteiger partial charge in [0.15, 0.2) is 5.65 Å². The average Bonchev–Trinajstić information content (AvgIpc) is 3.18. The molecule has 1 aromatic carbocycles. The summed E-state index contributed by atoms with van der Waals surface area (Å²) in [6.45, 7) is 3.64. The molecule has 4 heterocycles. The van der Waals surface area contributed by atoms with E-state index in [1.807, 2.05) is 23.1 Å². The molecule has 0 saturated carbocycles. The van der Waals surface area contributed by atoms with E-state index in [0.29, 0.717) is 18.9 Å². The molecule has 154 valence electrons.